The summed E-state index contributed by atoms with van der Waals surface area (Å²) in [5, 5.41) is 0. The van der Waals surface area contributed by atoms with Crippen LogP contribution < -0.4 is 0 Å². The van der Waals surface area contributed by atoms with E-state index in [2.05, 4.69) is 0 Å². The summed E-state index contributed by atoms with van der Waals surface area (Å²) >= 11 is 0. The molecule has 0 unspecified atom stereocenters. The van der Waals surface area contributed by atoms with Gasteiger partial charge in [-0.05, 0) is 26.9 Å². The molecule has 0 aromatic carbocycles. The highest BCUT2D eigenvalue weighted by molar-refractivity contribution is 5.83. The highest BCUT2D eigenvalue weighted by atomic mass is 16.1. The molecule has 0 aliphatic rings. The molecule has 0 bridgehead atoms. The third kappa shape index (κ3) is 9.34. The number of likely N-dealkylation sites (N-methyl/N-ethyl adjacent to an activating group) is 1. The first-order valence-electron chi connectivity index (χ1n) is 6.93. The summed E-state index contributed by atoms with van der Waals surface area (Å²) < 4.78 is 0. The second-order valence-corrected chi connectivity index (χ2v) is 6.36. The highest BCUT2D eigenvalue weighted by Gasteiger charge is 2.19. The van der Waals surface area contributed by atoms with E-state index in [-0.39, 0.29) is 5.41 Å². The van der Waals surface area contributed by atoms with Gasteiger partial charge in [0, 0.05) is 18.3 Å². The zero-order valence-corrected chi connectivity index (χ0v) is 12.7. The lowest BCUT2D eigenvalue weighted by molar-refractivity contribution is -0.126. The summed E-state index contributed by atoms with van der Waals surface area (Å²) in [5.74, 6) is 0.650. The van der Waals surface area contributed by atoms with Crippen LogP contribution in [-0.2, 0) is 9.59 Å². The monoisotopic (exact) mass is 255 g/mol. The second kappa shape index (κ2) is 8.41. The first kappa shape index (κ1) is 17.3. The average Bonchev–Trinajstić information content (AvgIpc) is 2.20. The van der Waals surface area contributed by atoms with Crippen molar-refractivity contribution in [1.29, 1.82) is 0 Å². The van der Waals surface area contributed by atoms with Gasteiger partial charge < -0.3 is 4.90 Å². The Hall–Kier alpha value is -0.700. The summed E-state index contributed by atoms with van der Waals surface area (Å²) in [6.45, 7) is 6.45. The zero-order valence-electron chi connectivity index (χ0n) is 12.7. The molecule has 106 valence electrons. The number of rotatable bonds is 9. The predicted molar refractivity (Wildman–Crippen MR) is 75.7 cm³/mol. The lowest BCUT2D eigenvalue weighted by atomic mass is 9.88. The molecule has 18 heavy (non-hydrogen) atoms. The Bertz CT molecular complexity index is 264. The first-order valence-corrected chi connectivity index (χ1v) is 6.93. The normalized spacial score (nSPS) is 11.9. The molecule has 0 fully saturated rings. The highest BCUT2D eigenvalue weighted by Crippen LogP contribution is 2.18. The minimum Gasteiger partial charge on any atom is -0.302 e. The minimum atomic E-state index is -0.207. The molecule has 0 aliphatic carbocycles. The van der Waals surface area contributed by atoms with Crippen molar-refractivity contribution in [1.82, 2.24) is 4.90 Å². The number of ketones is 2. The van der Waals surface area contributed by atoms with E-state index in [1.807, 2.05) is 39.8 Å². The SMILES string of the molecule is CN(C)CC(=O)CCCCCCC(=O)C(C)(C)C. The maximum Gasteiger partial charge on any atom is 0.146 e. The molecular formula is C15H29NO2. The lowest BCUT2D eigenvalue weighted by Gasteiger charge is -2.16. The third-order valence-electron chi connectivity index (χ3n) is 2.94. The van der Waals surface area contributed by atoms with Gasteiger partial charge in [-0.1, -0.05) is 33.6 Å². The lowest BCUT2D eigenvalue weighted by Crippen LogP contribution is -2.21. The number of hydrogen-bond donors (Lipinski definition) is 0. The summed E-state index contributed by atoms with van der Waals surface area (Å²) in [6.07, 6.45) is 5.36. The van der Waals surface area contributed by atoms with Gasteiger partial charge in [-0.25, -0.2) is 0 Å². The fraction of sp³-hybridized carbons (Fsp3) is 0.867. The van der Waals surface area contributed by atoms with Crippen molar-refractivity contribution < 1.29 is 9.59 Å². The van der Waals surface area contributed by atoms with Crippen LogP contribution in [0, 0.1) is 5.41 Å². The molecule has 0 N–H and O–H groups in total. The van der Waals surface area contributed by atoms with Gasteiger partial charge in [0.1, 0.15) is 11.6 Å². The largest absolute Gasteiger partial charge is 0.302 e. The fourth-order valence-corrected chi connectivity index (χ4v) is 1.77. The van der Waals surface area contributed by atoms with Crippen molar-refractivity contribution in [3.05, 3.63) is 0 Å². The molecular weight excluding hydrogens is 226 g/mol. The molecule has 0 atom stereocenters. The molecule has 0 saturated heterocycles. The van der Waals surface area contributed by atoms with Crippen LogP contribution in [0.4, 0.5) is 0 Å². The second-order valence-electron chi connectivity index (χ2n) is 6.36. The van der Waals surface area contributed by atoms with E-state index in [1.165, 1.54) is 0 Å². The quantitative estimate of drug-likeness (QED) is 0.594. The molecule has 3 heteroatoms. The van der Waals surface area contributed by atoms with E-state index < -0.39 is 0 Å². The standard InChI is InChI=1S/C15H29NO2/c1-15(2,3)14(18)11-9-7-6-8-10-13(17)12-16(4)5/h6-12H2,1-5H3. The van der Waals surface area contributed by atoms with Gasteiger partial charge in [-0.15, -0.1) is 0 Å². The van der Waals surface area contributed by atoms with Crippen molar-refractivity contribution in [2.75, 3.05) is 20.6 Å². The number of carbonyl (C=O) groups excluding carboxylic acids is 2. The fourth-order valence-electron chi connectivity index (χ4n) is 1.77. The van der Waals surface area contributed by atoms with Crippen LogP contribution in [0.1, 0.15) is 59.3 Å². The zero-order chi connectivity index (χ0) is 14.2. The van der Waals surface area contributed by atoms with E-state index in [9.17, 15) is 9.59 Å². The van der Waals surface area contributed by atoms with Crippen LogP contribution in [0.3, 0.4) is 0 Å². The topological polar surface area (TPSA) is 37.4 Å². The van der Waals surface area contributed by atoms with Gasteiger partial charge in [-0.3, -0.25) is 9.59 Å². The first-order chi connectivity index (χ1) is 8.23. The van der Waals surface area contributed by atoms with E-state index in [0.29, 0.717) is 31.0 Å². The van der Waals surface area contributed by atoms with Gasteiger partial charge in [0.05, 0.1) is 6.54 Å². The van der Waals surface area contributed by atoms with Crippen LogP contribution in [0.25, 0.3) is 0 Å². The van der Waals surface area contributed by atoms with Crippen LogP contribution in [0.5, 0.6) is 0 Å². The van der Waals surface area contributed by atoms with Gasteiger partial charge >= 0.3 is 0 Å². The average molecular weight is 255 g/mol. The Morgan fingerprint density at radius 3 is 1.83 bits per heavy atom. The number of nitrogens with zero attached hydrogens (tertiary/aromatic N) is 1. The Morgan fingerprint density at radius 1 is 0.889 bits per heavy atom. The molecule has 0 spiro atoms. The molecule has 0 aromatic heterocycles. The van der Waals surface area contributed by atoms with Gasteiger partial charge in [-0.2, -0.15) is 0 Å². The van der Waals surface area contributed by atoms with Crippen LogP contribution >= 0.6 is 0 Å². The van der Waals surface area contributed by atoms with Crippen molar-refractivity contribution in [2.45, 2.75) is 59.3 Å². The van der Waals surface area contributed by atoms with Gasteiger partial charge in [0.25, 0.3) is 0 Å². The molecule has 0 saturated carbocycles. The number of carbonyl (C=O) groups is 2. The Labute approximate surface area is 112 Å². The molecule has 0 radical (unpaired) electrons. The molecule has 0 rings (SSSR count). The van der Waals surface area contributed by atoms with Crippen LogP contribution in [0.15, 0.2) is 0 Å². The van der Waals surface area contributed by atoms with E-state index in [0.717, 1.165) is 25.7 Å². The van der Waals surface area contributed by atoms with E-state index in [1.54, 1.807) is 0 Å². The molecule has 0 heterocycles. The number of unbranched alkanes of at least 4 members (excludes halogenated alkanes) is 3. The Kier molecular flexibility index (Phi) is 8.08. The Morgan fingerprint density at radius 2 is 1.39 bits per heavy atom. The maximum atomic E-state index is 11.7. The molecule has 3 nitrogen and oxygen atoms in total. The minimum absolute atomic E-state index is 0.207. The summed E-state index contributed by atoms with van der Waals surface area (Å²) in [4.78, 5) is 25.0. The van der Waals surface area contributed by atoms with E-state index >= 15 is 0 Å². The van der Waals surface area contributed by atoms with Crippen LogP contribution in [0.2, 0.25) is 0 Å². The number of hydrogen-bond acceptors (Lipinski definition) is 3. The van der Waals surface area contributed by atoms with Crippen molar-refractivity contribution in [2.24, 2.45) is 5.41 Å². The molecule has 0 amide bonds. The van der Waals surface area contributed by atoms with Crippen LogP contribution in [-0.4, -0.2) is 37.1 Å². The van der Waals surface area contributed by atoms with Crippen molar-refractivity contribution in [3.63, 3.8) is 0 Å². The smallest absolute Gasteiger partial charge is 0.146 e. The Balaban J connectivity index is 3.47. The number of Topliss-reactive ketones (excluding diaryl/α,β-unsaturated/α-hetero) is 2. The summed E-state index contributed by atoms with van der Waals surface area (Å²) in [6, 6.07) is 0. The third-order valence-corrected chi connectivity index (χ3v) is 2.94. The predicted octanol–water partition coefficient (Wildman–Crippen LogP) is 3.07. The molecule has 0 aliphatic heterocycles. The van der Waals surface area contributed by atoms with Gasteiger partial charge in [0.2, 0.25) is 0 Å². The maximum absolute atomic E-state index is 11.7. The summed E-state index contributed by atoms with van der Waals surface area (Å²) in [5.41, 5.74) is -0.207. The van der Waals surface area contributed by atoms with Gasteiger partial charge in [0.15, 0.2) is 0 Å². The van der Waals surface area contributed by atoms with Crippen molar-refractivity contribution in [3.8, 4) is 0 Å². The van der Waals surface area contributed by atoms with E-state index in [4.69, 9.17) is 0 Å². The summed E-state index contributed by atoms with van der Waals surface area (Å²) in [7, 11) is 3.83. The molecule has 0 aromatic rings. The van der Waals surface area contributed by atoms with Crippen molar-refractivity contribution >= 4 is 11.6 Å².